The number of halogens is 1. The van der Waals surface area contributed by atoms with Gasteiger partial charge in [0, 0.05) is 55.9 Å². The molecule has 1 fully saturated rings. The molecule has 0 unspecified atom stereocenters. The molecule has 1 aliphatic heterocycles. The van der Waals surface area contributed by atoms with E-state index in [4.69, 9.17) is 4.74 Å². The van der Waals surface area contributed by atoms with Crippen molar-refractivity contribution in [1.82, 2.24) is 9.88 Å². The van der Waals surface area contributed by atoms with Gasteiger partial charge in [0.15, 0.2) is 0 Å². The number of carbonyl (C=O) groups is 1. The van der Waals surface area contributed by atoms with Crippen LogP contribution >= 0.6 is 0 Å². The summed E-state index contributed by atoms with van der Waals surface area (Å²) in [7, 11) is 0. The molecule has 0 aliphatic carbocycles. The topological polar surface area (TPSA) is 45.7 Å². The Hall–Kier alpha value is -3.41. The van der Waals surface area contributed by atoms with E-state index in [2.05, 4.69) is 9.88 Å². The van der Waals surface area contributed by atoms with Gasteiger partial charge in [-0.05, 0) is 42.0 Å². The second-order valence-corrected chi connectivity index (χ2v) is 6.93. The summed E-state index contributed by atoms with van der Waals surface area (Å²) >= 11 is 0. The Labute approximate surface area is 169 Å². The Balaban J connectivity index is 1.35. The van der Waals surface area contributed by atoms with Crippen LogP contribution in [0.1, 0.15) is 15.9 Å². The molecule has 0 saturated carbocycles. The summed E-state index contributed by atoms with van der Waals surface area (Å²) in [5.74, 6) is 0.514. The zero-order chi connectivity index (χ0) is 20.1. The zero-order valence-corrected chi connectivity index (χ0v) is 16.0. The Kier molecular flexibility index (Phi) is 5.70. The molecule has 0 radical (unpaired) electrons. The van der Waals surface area contributed by atoms with Gasteiger partial charge in [0.05, 0.1) is 0 Å². The number of carbonyl (C=O) groups excluding carboxylic acids is 1. The quantitative estimate of drug-likeness (QED) is 0.664. The Morgan fingerprint density at radius 3 is 2.48 bits per heavy atom. The van der Waals surface area contributed by atoms with Gasteiger partial charge in [-0.2, -0.15) is 0 Å². The number of pyridine rings is 1. The number of piperazine rings is 1. The number of benzene rings is 2. The van der Waals surface area contributed by atoms with Crippen LogP contribution in [0.25, 0.3) is 0 Å². The molecule has 4 rings (SSSR count). The number of nitrogens with zero attached hydrogens (tertiary/aromatic N) is 3. The fourth-order valence-electron chi connectivity index (χ4n) is 3.41. The van der Waals surface area contributed by atoms with Gasteiger partial charge in [0.1, 0.15) is 18.2 Å². The summed E-state index contributed by atoms with van der Waals surface area (Å²) in [6, 6.07) is 17.8. The van der Waals surface area contributed by atoms with E-state index < -0.39 is 0 Å². The van der Waals surface area contributed by atoms with E-state index in [-0.39, 0.29) is 11.7 Å². The predicted octanol–water partition coefficient (Wildman–Crippen LogP) is 3.76. The zero-order valence-electron chi connectivity index (χ0n) is 16.0. The minimum Gasteiger partial charge on any atom is -0.489 e. The predicted molar refractivity (Wildman–Crippen MR) is 110 cm³/mol. The average Bonchev–Trinajstić information content (AvgIpc) is 2.78. The van der Waals surface area contributed by atoms with Crippen LogP contribution in [0.2, 0.25) is 0 Å². The molecule has 0 N–H and O–H groups in total. The van der Waals surface area contributed by atoms with Gasteiger partial charge in [-0.3, -0.25) is 9.78 Å². The highest BCUT2D eigenvalue weighted by Gasteiger charge is 2.22. The SMILES string of the molecule is O=C(c1ccncc1)N1CCN(c2cccc(OCc3cccc(F)c3)c2)CC1. The lowest BCUT2D eigenvalue weighted by Gasteiger charge is -2.36. The molecular weight excluding hydrogens is 369 g/mol. The van der Waals surface area contributed by atoms with E-state index in [0.29, 0.717) is 25.3 Å². The summed E-state index contributed by atoms with van der Waals surface area (Å²) < 4.78 is 19.1. The molecule has 1 aliphatic rings. The summed E-state index contributed by atoms with van der Waals surface area (Å²) in [6.45, 7) is 3.15. The first kappa shape index (κ1) is 18.9. The normalized spacial score (nSPS) is 14.0. The maximum absolute atomic E-state index is 13.3. The van der Waals surface area contributed by atoms with Gasteiger partial charge in [-0.25, -0.2) is 4.39 Å². The minimum absolute atomic E-state index is 0.0410. The van der Waals surface area contributed by atoms with E-state index in [1.807, 2.05) is 35.2 Å². The van der Waals surface area contributed by atoms with Crippen molar-refractivity contribution < 1.29 is 13.9 Å². The van der Waals surface area contributed by atoms with Crippen molar-refractivity contribution in [1.29, 1.82) is 0 Å². The molecule has 148 valence electrons. The summed E-state index contributed by atoms with van der Waals surface area (Å²) in [6.07, 6.45) is 3.28. The maximum atomic E-state index is 13.3. The number of aromatic nitrogens is 1. The molecule has 0 atom stereocenters. The fraction of sp³-hybridized carbons (Fsp3) is 0.217. The van der Waals surface area contributed by atoms with E-state index in [1.165, 1.54) is 12.1 Å². The molecule has 2 aromatic carbocycles. The molecule has 3 aromatic rings. The first-order valence-electron chi connectivity index (χ1n) is 9.60. The van der Waals surface area contributed by atoms with Gasteiger partial charge in [-0.1, -0.05) is 18.2 Å². The van der Waals surface area contributed by atoms with Crippen LogP contribution in [-0.2, 0) is 6.61 Å². The van der Waals surface area contributed by atoms with E-state index in [0.717, 1.165) is 30.1 Å². The summed E-state index contributed by atoms with van der Waals surface area (Å²) in [5, 5.41) is 0. The highest BCUT2D eigenvalue weighted by atomic mass is 19.1. The largest absolute Gasteiger partial charge is 0.489 e. The van der Waals surface area contributed by atoms with Crippen molar-refractivity contribution in [2.24, 2.45) is 0 Å². The second-order valence-electron chi connectivity index (χ2n) is 6.93. The van der Waals surface area contributed by atoms with E-state index in [9.17, 15) is 9.18 Å². The van der Waals surface area contributed by atoms with Gasteiger partial charge in [0.2, 0.25) is 0 Å². The van der Waals surface area contributed by atoms with Gasteiger partial charge >= 0.3 is 0 Å². The van der Waals surface area contributed by atoms with Crippen LogP contribution in [0.3, 0.4) is 0 Å². The lowest BCUT2D eigenvalue weighted by atomic mass is 10.2. The lowest BCUT2D eigenvalue weighted by Crippen LogP contribution is -2.48. The van der Waals surface area contributed by atoms with Crippen molar-refractivity contribution in [3.05, 3.63) is 90.0 Å². The molecule has 0 spiro atoms. The van der Waals surface area contributed by atoms with Gasteiger partial charge in [0.25, 0.3) is 5.91 Å². The third-order valence-electron chi connectivity index (χ3n) is 4.97. The van der Waals surface area contributed by atoms with E-state index >= 15 is 0 Å². The minimum atomic E-state index is -0.265. The van der Waals surface area contributed by atoms with Crippen molar-refractivity contribution in [2.45, 2.75) is 6.61 Å². The molecule has 6 heteroatoms. The third-order valence-corrected chi connectivity index (χ3v) is 4.97. The number of ether oxygens (including phenoxy) is 1. The Bertz CT molecular complexity index is 973. The molecule has 5 nitrogen and oxygen atoms in total. The van der Waals surface area contributed by atoms with Crippen molar-refractivity contribution in [3.63, 3.8) is 0 Å². The first-order chi connectivity index (χ1) is 14.2. The Morgan fingerprint density at radius 1 is 0.966 bits per heavy atom. The second kappa shape index (κ2) is 8.73. The fourth-order valence-corrected chi connectivity index (χ4v) is 3.41. The standard InChI is InChI=1S/C23H22FN3O2/c24-20-4-1-3-18(15-20)17-29-22-6-2-5-21(16-22)26-11-13-27(14-12-26)23(28)19-7-9-25-10-8-19/h1-10,15-16H,11-14,17H2. The van der Waals surface area contributed by atoms with Crippen LogP contribution in [0.15, 0.2) is 73.1 Å². The highest BCUT2D eigenvalue weighted by molar-refractivity contribution is 5.94. The first-order valence-corrected chi connectivity index (χ1v) is 9.60. The van der Waals surface area contributed by atoms with Crippen LogP contribution in [0, 0.1) is 5.82 Å². The average molecular weight is 391 g/mol. The van der Waals surface area contributed by atoms with Crippen LogP contribution < -0.4 is 9.64 Å². The number of hydrogen-bond donors (Lipinski definition) is 0. The van der Waals surface area contributed by atoms with Crippen molar-refractivity contribution in [2.75, 3.05) is 31.1 Å². The molecule has 2 heterocycles. The smallest absolute Gasteiger partial charge is 0.254 e. The molecule has 1 aromatic heterocycles. The maximum Gasteiger partial charge on any atom is 0.254 e. The molecule has 1 amide bonds. The Morgan fingerprint density at radius 2 is 1.72 bits per heavy atom. The number of anilines is 1. The number of rotatable bonds is 5. The molecule has 29 heavy (non-hydrogen) atoms. The molecular formula is C23H22FN3O2. The van der Waals surface area contributed by atoms with Crippen LogP contribution in [0.5, 0.6) is 5.75 Å². The number of hydrogen-bond acceptors (Lipinski definition) is 4. The van der Waals surface area contributed by atoms with E-state index in [1.54, 1.807) is 30.6 Å². The highest BCUT2D eigenvalue weighted by Crippen LogP contribution is 2.23. The summed E-state index contributed by atoms with van der Waals surface area (Å²) in [4.78, 5) is 20.6. The monoisotopic (exact) mass is 391 g/mol. The molecule has 1 saturated heterocycles. The lowest BCUT2D eigenvalue weighted by molar-refractivity contribution is 0.0746. The van der Waals surface area contributed by atoms with Crippen LogP contribution in [0.4, 0.5) is 10.1 Å². The van der Waals surface area contributed by atoms with Crippen molar-refractivity contribution >= 4 is 11.6 Å². The number of amides is 1. The molecule has 0 bridgehead atoms. The van der Waals surface area contributed by atoms with Gasteiger partial charge < -0.3 is 14.5 Å². The van der Waals surface area contributed by atoms with Crippen molar-refractivity contribution in [3.8, 4) is 5.75 Å². The third kappa shape index (κ3) is 4.71. The van der Waals surface area contributed by atoms with Gasteiger partial charge in [-0.15, -0.1) is 0 Å². The summed E-state index contributed by atoms with van der Waals surface area (Å²) in [5.41, 5.74) is 2.51. The van der Waals surface area contributed by atoms with Crippen LogP contribution in [-0.4, -0.2) is 42.0 Å².